The van der Waals surface area contributed by atoms with Crippen molar-refractivity contribution in [3.8, 4) is 11.4 Å². The lowest BCUT2D eigenvalue weighted by Gasteiger charge is -2.11. The van der Waals surface area contributed by atoms with Crippen molar-refractivity contribution in [1.82, 2.24) is 25.9 Å². The number of carbonyl (C=O) groups is 1. The van der Waals surface area contributed by atoms with Crippen LogP contribution in [0.15, 0.2) is 24.3 Å². The fourth-order valence-electron chi connectivity index (χ4n) is 1.78. The molecule has 0 aliphatic heterocycles. The van der Waals surface area contributed by atoms with E-state index in [4.69, 9.17) is 5.11 Å². The Balaban J connectivity index is 2.02. The van der Waals surface area contributed by atoms with Crippen LogP contribution in [0.1, 0.15) is 23.7 Å². The number of aromatic amines is 1. The Bertz CT molecular complexity index is 556. The molecule has 3 N–H and O–H groups in total. The van der Waals surface area contributed by atoms with Gasteiger partial charge in [0.05, 0.1) is 0 Å². The van der Waals surface area contributed by atoms with Crippen molar-refractivity contribution in [2.24, 2.45) is 5.92 Å². The number of hydrogen-bond donors (Lipinski definition) is 3. The standard InChI is InChI=1S/C13H17N5O2/c1-9(5-6-19)8-14-13(20)11-4-2-3-10(7-11)12-15-17-18-16-12/h2-4,7,9,19H,5-6,8H2,1H3,(H,14,20)(H,15,16,17,18). The van der Waals surface area contributed by atoms with Crippen LogP contribution < -0.4 is 5.32 Å². The minimum absolute atomic E-state index is 0.129. The summed E-state index contributed by atoms with van der Waals surface area (Å²) in [4.78, 5) is 12.0. The Hall–Kier alpha value is -2.28. The van der Waals surface area contributed by atoms with Crippen molar-refractivity contribution in [1.29, 1.82) is 0 Å². The average molecular weight is 275 g/mol. The molecule has 2 rings (SSSR count). The third-order valence-electron chi connectivity index (χ3n) is 2.96. The fraction of sp³-hybridized carbons (Fsp3) is 0.385. The smallest absolute Gasteiger partial charge is 0.251 e. The molecule has 1 aromatic carbocycles. The highest BCUT2D eigenvalue weighted by atomic mass is 16.3. The van der Waals surface area contributed by atoms with Crippen LogP contribution in [0.4, 0.5) is 0 Å². The Morgan fingerprint density at radius 1 is 1.50 bits per heavy atom. The molecule has 0 bridgehead atoms. The summed E-state index contributed by atoms with van der Waals surface area (Å²) in [6, 6.07) is 7.04. The lowest BCUT2D eigenvalue weighted by molar-refractivity contribution is 0.0945. The maximum absolute atomic E-state index is 12.0. The van der Waals surface area contributed by atoms with Gasteiger partial charge in [-0.2, -0.15) is 5.21 Å². The first-order valence-corrected chi connectivity index (χ1v) is 6.43. The molecule has 0 saturated heterocycles. The highest BCUT2D eigenvalue weighted by Crippen LogP contribution is 2.14. The van der Waals surface area contributed by atoms with Crippen LogP contribution in [0.2, 0.25) is 0 Å². The predicted octanol–water partition coefficient (Wildman–Crippen LogP) is 0.615. The normalized spacial score (nSPS) is 12.1. The molecule has 1 heterocycles. The van der Waals surface area contributed by atoms with Crippen LogP contribution in [0, 0.1) is 5.92 Å². The van der Waals surface area contributed by atoms with Crippen LogP contribution in [0.3, 0.4) is 0 Å². The second kappa shape index (κ2) is 6.76. The lowest BCUT2D eigenvalue weighted by atomic mass is 10.1. The number of H-pyrrole nitrogens is 1. The van der Waals surface area contributed by atoms with Gasteiger partial charge in [-0.15, -0.1) is 10.2 Å². The largest absolute Gasteiger partial charge is 0.396 e. The number of carbonyl (C=O) groups excluding carboxylic acids is 1. The summed E-state index contributed by atoms with van der Waals surface area (Å²) in [7, 11) is 0. The second-order valence-corrected chi connectivity index (χ2v) is 4.64. The number of rotatable bonds is 6. The Labute approximate surface area is 116 Å². The van der Waals surface area contributed by atoms with E-state index in [0.29, 0.717) is 24.4 Å². The number of amides is 1. The third kappa shape index (κ3) is 3.61. The molecule has 20 heavy (non-hydrogen) atoms. The molecular weight excluding hydrogens is 258 g/mol. The van der Waals surface area contributed by atoms with E-state index in [9.17, 15) is 4.79 Å². The molecule has 1 aromatic heterocycles. The molecule has 1 amide bonds. The molecule has 7 heteroatoms. The molecule has 2 aromatic rings. The Morgan fingerprint density at radius 3 is 3.05 bits per heavy atom. The number of aliphatic hydroxyl groups excluding tert-OH is 1. The van der Waals surface area contributed by atoms with Gasteiger partial charge in [-0.1, -0.05) is 19.1 Å². The SMILES string of the molecule is CC(CCO)CNC(=O)c1cccc(-c2nn[nH]n2)c1. The zero-order chi connectivity index (χ0) is 14.4. The van der Waals surface area contributed by atoms with Gasteiger partial charge in [-0.05, 0) is 29.7 Å². The molecule has 0 saturated carbocycles. The zero-order valence-corrected chi connectivity index (χ0v) is 11.2. The van der Waals surface area contributed by atoms with Gasteiger partial charge in [0.25, 0.3) is 5.91 Å². The number of aromatic nitrogens is 4. The monoisotopic (exact) mass is 275 g/mol. The average Bonchev–Trinajstić information content (AvgIpc) is 2.99. The first kappa shape index (κ1) is 14.1. The van der Waals surface area contributed by atoms with Gasteiger partial charge in [-0.25, -0.2) is 0 Å². The zero-order valence-electron chi connectivity index (χ0n) is 11.2. The molecule has 106 valence electrons. The number of nitrogens with one attached hydrogen (secondary N) is 2. The Morgan fingerprint density at radius 2 is 2.35 bits per heavy atom. The maximum Gasteiger partial charge on any atom is 0.251 e. The van der Waals surface area contributed by atoms with E-state index in [1.807, 2.05) is 13.0 Å². The van der Waals surface area contributed by atoms with E-state index in [1.165, 1.54) is 0 Å². The fourth-order valence-corrected chi connectivity index (χ4v) is 1.78. The van der Waals surface area contributed by atoms with Gasteiger partial charge < -0.3 is 10.4 Å². The molecule has 0 fully saturated rings. The van der Waals surface area contributed by atoms with Gasteiger partial charge in [0.2, 0.25) is 5.82 Å². The van der Waals surface area contributed by atoms with Crippen molar-refractivity contribution in [2.45, 2.75) is 13.3 Å². The van der Waals surface area contributed by atoms with Crippen molar-refractivity contribution in [3.63, 3.8) is 0 Å². The van der Waals surface area contributed by atoms with Gasteiger partial charge in [0.15, 0.2) is 0 Å². The van der Waals surface area contributed by atoms with E-state index in [-0.39, 0.29) is 18.4 Å². The quantitative estimate of drug-likeness (QED) is 0.716. The number of nitrogens with zero attached hydrogens (tertiary/aromatic N) is 3. The van der Waals surface area contributed by atoms with Crippen molar-refractivity contribution in [2.75, 3.05) is 13.2 Å². The number of aliphatic hydroxyl groups is 1. The van der Waals surface area contributed by atoms with Gasteiger partial charge in [0, 0.05) is 24.3 Å². The molecular formula is C13H17N5O2. The summed E-state index contributed by atoms with van der Waals surface area (Å²) in [6.45, 7) is 2.64. The number of hydrogen-bond acceptors (Lipinski definition) is 5. The number of tetrazole rings is 1. The van der Waals surface area contributed by atoms with Gasteiger partial charge in [0.1, 0.15) is 0 Å². The van der Waals surface area contributed by atoms with Crippen LogP contribution in [-0.4, -0.2) is 44.8 Å². The highest BCUT2D eigenvalue weighted by Gasteiger charge is 2.10. The summed E-state index contributed by atoms with van der Waals surface area (Å²) in [6.07, 6.45) is 0.670. The summed E-state index contributed by atoms with van der Waals surface area (Å²) in [5, 5.41) is 25.3. The van der Waals surface area contributed by atoms with E-state index in [0.717, 1.165) is 5.56 Å². The van der Waals surface area contributed by atoms with Crippen molar-refractivity contribution < 1.29 is 9.90 Å². The van der Waals surface area contributed by atoms with E-state index in [1.54, 1.807) is 18.2 Å². The van der Waals surface area contributed by atoms with Crippen LogP contribution >= 0.6 is 0 Å². The molecule has 0 radical (unpaired) electrons. The summed E-state index contributed by atoms with van der Waals surface area (Å²) in [5.74, 6) is 0.540. The lowest BCUT2D eigenvalue weighted by Crippen LogP contribution is -2.28. The number of benzene rings is 1. The van der Waals surface area contributed by atoms with E-state index in [2.05, 4.69) is 25.9 Å². The molecule has 0 aliphatic carbocycles. The predicted molar refractivity (Wildman–Crippen MR) is 72.8 cm³/mol. The van der Waals surface area contributed by atoms with Gasteiger partial charge in [-0.3, -0.25) is 4.79 Å². The maximum atomic E-state index is 12.0. The van der Waals surface area contributed by atoms with Crippen LogP contribution in [0.25, 0.3) is 11.4 Å². The van der Waals surface area contributed by atoms with E-state index >= 15 is 0 Å². The molecule has 7 nitrogen and oxygen atoms in total. The molecule has 1 atom stereocenters. The van der Waals surface area contributed by atoms with Crippen molar-refractivity contribution >= 4 is 5.91 Å². The van der Waals surface area contributed by atoms with Gasteiger partial charge >= 0.3 is 0 Å². The van der Waals surface area contributed by atoms with Crippen LogP contribution in [0.5, 0.6) is 0 Å². The first-order valence-electron chi connectivity index (χ1n) is 6.43. The molecule has 1 unspecified atom stereocenters. The second-order valence-electron chi connectivity index (χ2n) is 4.64. The summed E-state index contributed by atoms with van der Waals surface area (Å²) < 4.78 is 0. The topological polar surface area (TPSA) is 104 Å². The highest BCUT2D eigenvalue weighted by molar-refractivity contribution is 5.95. The van der Waals surface area contributed by atoms with Crippen molar-refractivity contribution in [3.05, 3.63) is 29.8 Å². The first-order chi connectivity index (χ1) is 9.70. The molecule has 0 aliphatic rings. The van der Waals surface area contributed by atoms with E-state index < -0.39 is 0 Å². The summed E-state index contributed by atoms with van der Waals surface area (Å²) in [5.41, 5.74) is 1.28. The third-order valence-corrected chi connectivity index (χ3v) is 2.96. The summed E-state index contributed by atoms with van der Waals surface area (Å²) >= 11 is 0. The minimum atomic E-state index is -0.153. The minimum Gasteiger partial charge on any atom is -0.396 e. The van der Waals surface area contributed by atoms with Crippen LogP contribution in [-0.2, 0) is 0 Å². The Kier molecular flexibility index (Phi) is 4.78. The molecule has 0 spiro atoms.